The molecule has 0 saturated heterocycles. The molecule has 0 amide bonds. The number of carboxylic acid groups (broad SMARTS) is 2. The number of nitrogens with one attached hydrogen (secondary N) is 1. The number of carboxylic acids is 2. The van der Waals surface area contributed by atoms with Gasteiger partial charge in [0.1, 0.15) is 30.8 Å². The molecule has 31 heavy (non-hydrogen) atoms. The summed E-state index contributed by atoms with van der Waals surface area (Å²) in [5, 5.41) is 28.0. The first-order chi connectivity index (χ1) is 14.8. The molecule has 0 bridgehead atoms. The predicted octanol–water partition coefficient (Wildman–Crippen LogP) is 1.57. The van der Waals surface area contributed by atoms with Crippen molar-refractivity contribution in [2.75, 3.05) is 13.2 Å². The van der Waals surface area contributed by atoms with Crippen LogP contribution in [0.15, 0.2) is 48.7 Å². The lowest BCUT2D eigenvalue weighted by Crippen LogP contribution is -2.32. The number of fused-ring (bicyclic) bond motifs is 1. The standard InChI is InChI=1S/C22H24N2O7/c23-18(21(26)27)10-14-12-24-19-6-5-16(11-17(14)19)31-8-7-30-15-3-1-13(2-4-15)9-20(25)22(28)29/h1-6,11-12,18,20,24-25H,7-10,23H2,(H,26,27)(H,28,29)/t18-,20?/m0/s1. The Labute approximate surface area is 178 Å². The summed E-state index contributed by atoms with van der Waals surface area (Å²) in [6, 6.07) is 11.3. The molecule has 6 N–H and O–H groups in total. The third-order valence-electron chi connectivity index (χ3n) is 4.75. The maximum Gasteiger partial charge on any atom is 0.332 e. The molecule has 1 aromatic heterocycles. The average Bonchev–Trinajstić information content (AvgIpc) is 3.14. The number of aliphatic hydroxyl groups excluding tert-OH is 1. The van der Waals surface area contributed by atoms with Gasteiger partial charge in [-0.15, -0.1) is 0 Å². The van der Waals surface area contributed by atoms with Crippen molar-refractivity contribution >= 4 is 22.8 Å². The first-order valence-corrected chi connectivity index (χ1v) is 9.67. The number of rotatable bonds is 11. The summed E-state index contributed by atoms with van der Waals surface area (Å²) >= 11 is 0. The molecule has 164 valence electrons. The molecule has 3 rings (SSSR count). The van der Waals surface area contributed by atoms with Crippen LogP contribution >= 0.6 is 0 Å². The summed E-state index contributed by atoms with van der Waals surface area (Å²) in [4.78, 5) is 24.8. The van der Waals surface area contributed by atoms with E-state index >= 15 is 0 Å². The molecule has 0 aliphatic rings. The highest BCUT2D eigenvalue weighted by molar-refractivity contribution is 5.85. The molecule has 2 aromatic carbocycles. The number of hydrogen-bond donors (Lipinski definition) is 5. The Morgan fingerprint density at radius 3 is 2.23 bits per heavy atom. The van der Waals surface area contributed by atoms with Crippen LogP contribution in [0.4, 0.5) is 0 Å². The maximum absolute atomic E-state index is 11.0. The van der Waals surface area contributed by atoms with E-state index in [4.69, 9.17) is 25.4 Å². The van der Waals surface area contributed by atoms with Gasteiger partial charge in [0, 0.05) is 29.9 Å². The van der Waals surface area contributed by atoms with E-state index in [0.29, 0.717) is 30.3 Å². The summed E-state index contributed by atoms with van der Waals surface area (Å²) in [5.74, 6) is -1.08. The van der Waals surface area contributed by atoms with Gasteiger partial charge in [-0.25, -0.2) is 4.79 Å². The molecule has 0 radical (unpaired) electrons. The van der Waals surface area contributed by atoms with Crippen LogP contribution in [0.2, 0.25) is 0 Å². The summed E-state index contributed by atoms with van der Waals surface area (Å²) in [6.07, 6.45) is 0.554. The van der Waals surface area contributed by atoms with Gasteiger partial charge in [0.15, 0.2) is 6.10 Å². The minimum absolute atomic E-state index is 0.0275. The van der Waals surface area contributed by atoms with Crippen LogP contribution < -0.4 is 15.2 Å². The molecule has 3 aromatic rings. The lowest BCUT2D eigenvalue weighted by Gasteiger charge is -2.10. The topological polar surface area (TPSA) is 155 Å². The minimum atomic E-state index is -1.43. The van der Waals surface area contributed by atoms with Gasteiger partial charge in [-0.1, -0.05) is 12.1 Å². The first kappa shape index (κ1) is 22.1. The van der Waals surface area contributed by atoms with Gasteiger partial charge in [0.05, 0.1) is 0 Å². The fourth-order valence-electron chi connectivity index (χ4n) is 3.09. The fourth-order valence-corrected chi connectivity index (χ4v) is 3.09. The average molecular weight is 428 g/mol. The Kier molecular flexibility index (Phi) is 7.11. The fraction of sp³-hybridized carbons (Fsp3) is 0.273. The molecule has 0 saturated carbocycles. The van der Waals surface area contributed by atoms with Gasteiger partial charge >= 0.3 is 11.9 Å². The highest BCUT2D eigenvalue weighted by Crippen LogP contribution is 2.24. The van der Waals surface area contributed by atoms with Gasteiger partial charge in [-0.05, 0) is 41.5 Å². The van der Waals surface area contributed by atoms with Crippen molar-refractivity contribution in [1.29, 1.82) is 0 Å². The second kappa shape index (κ2) is 9.96. The first-order valence-electron chi connectivity index (χ1n) is 9.67. The summed E-state index contributed by atoms with van der Waals surface area (Å²) in [7, 11) is 0. The van der Waals surface area contributed by atoms with E-state index in [1.165, 1.54) is 0 Å². The smallest absolute Gasteiger partial charge is 0.332 e. The van der Waals surface area contributed by atoms with E-state index in [1.807, 2.05) is 18.2 Å². The molecule has 0 spiro atoms. The number of aromatic amines is 1. The van der Waals surface area contributed by atoms with Crippen molar-refractivity contribution in [3.8, 4) is 11.5 Å². The molecule has 0 aliphatic heterocycles. The zero-order valence-corrected chi connectivity index (χ0v) is 16.7. The van der Waals surface area contributed by atoms with Crippen LogP contribution in [-0.2, 0) is 22.4 Å². The molecular weight excluding hydrogens is 404 g/mol. The molecule has 0 aliphatic carbocycles. The Morgan fingerprint density at radius 2 is 1.58 bits per heavy atom. The molecular formula is C22H24N2O7. The SMILES string of the molecule is N[C@@H](Cc1c[nH]c2ccc(OCCOc3ccc(CC(O)C(=O)O)cc3)cc12)C(=O)O. The van der Waals surface area contributed by atoms with Gasteiger partial charge < -0.3 is 35.5 Å². The number of aliphatic carboxylic acids is 2. The number of H-pyrrole nitrogens is 1. The summed E-state index contributed by atoms with van der Waals surface area (Å²) in [5.41, 5.74) is 8.00. The van der Waals surface area contributed by atoms with Gasteiger partial charge in [0.2, 0.25) is 0 Å². The molecule has 0 fully saturated rings. The van der Waals surface area contributed by atoms with E-state index in [0.717, 1.165) is 16.5 Å². The van der Waals surface area contributed by atoms with E-state index < -0.39 is 24.1 Å². The molecule has 1 unspecified atom stereocenters. The monoisotopic (exact) mass is 428 g/mol. The van der Waals surface area contributed by atoms with Crippen molar-refractivity contribution in [1.82, 2.24) is 4.98 Å². The van der Waals surface area contributed by atoms with E-state index in [1.54, 1.807) is 30.5 Å². The number of carbonyl (C=O) groups is 2. The Morgan fingerprint density at radius 1 is 0.935 bits per heavy atom. The van der Waals surface area contributed by atoms with Crippen molar-refractivity contribution in [2.24, 2.45) is 5.73 Å². The molecule has 9 heteroatoms. The van der Waals surface area contributed by atoms with Crippen LogP contribution in [-0.4, -0.2) is 57.6 Å². The zero-order chi connectivity index (χ0) is 22.4. The number of hydrogen-bond acceptors (Lipinski definition) is 6. The lowest BCUT2D eigenvalue weighted by molar-refractivity contribution is -0.146. The lowest BCUT2D eigenvalue weighted by atomic mass is 10.1. The van der Waals surface area contributed by atoms with E-state index in [-0.39, 0.29) is 12.8 Å². The highest BCUT2D eigenvalue weighted by Gasteiger charge is 2.15. The second-order valence-electron chi connectivity index (χ2n) is 7.07. The van der Waals surface area contributed by atoms with Crippen LogP contribution in [0.3, 0.4) is 0 Å². The van der Waals surface area contributed by atoms with Crippen LogP contribution in [0.5, 0.6) is 11.5 Å². The van der Waals surface area contributed by atoms with E-state index in [2.05, 4.69) is 4.98 Å². The van der Waals surface area contributed by atoms with Gasteiger partial charge in [-0.2, -0.15) is 0 Å². The van der Waals surface area contributed by atoms with E-state index in [9.17, 15) is 14.7 Å². The van der Waals surface area contributed by atoms with Crippen molar-refractivity contribution in [3.05, 3.63) is 59.8 Å². The number of aliphatic hydroxyl groups is 1. The number of benzene rings is 2. The summed E-state index contributed by atoms with van der Waals surface area (Å²) in [6.45, 7) is 0.582. The maximum atomic E-state index is 11.0. The van der Waals surface area contributed by atoms with Crippen LogP contribution in [0.1, 0.15) is 11.1 Å². The number of aromatic nitrogens is 1. The van der Waals surface area contributed by atoms with Gasteiger partial charge in [-0.3, -0.25) is 4.79 Å². The second-order valence-corrected chi connectivity index (χ2v) is 7.07. The Balaban J connectivity index is 1.51. The third kappa shape index (κ3) is 5.97. The summed E-state index contributed by atoms with van der Waals surface area (Å²) < 4.78 is 11.3. The normalized spacial score (nSPS) is 13.0. The Bertz CT molecular complexity index is 1050. The van der Waals surface area contributed by atoms with Gasteiger partial charge in [0.25, 0.3) is 0 Å². The van der Waals surface area contributed by atoms with Crippen molar-refractivity contribution < 1.29 is 34.4 Å². The zero-order valence-electron chi connectivity index (χ0n) is 16.7. The Hall–Kier alpha value is -3.56. The number of nitrogens with two attached hydrogens (primary N) is 1. The third-order valence-corrected chi connectivity index (χ3v) is 4.75. The number of ether oxygens (including phenoxy) is 2. The highest BCUT2D eigenvalue weighted by atomic mass is 16.5. The molecule has 1 heterocycles. The minimum Gasteiger partial charge on any atom is -0.490 e. The van der Waals surface area contributed by atoms with Crippen LogP contribution in [0, 0.1) is 0 Å². The van der Waals surface area contributed by atoms with Crippen molar-refractivity contribution in [2.45, 2.75) is 25.0 Å². The molecule has 9 nitrogen and oxygen atoms in total. The molecule has 2 atom stereocenters. The largest absolute Gasteiger partial charge is 0.490 e. The van der Waals surface area contributed by atoms with Crippen LogP contribution in [0.25, 0.3) is 10.9 Å². The van der Waals surface area contributed by atoms with Crippen molar-refractivity contribution in [3.63, 3.8) is 0 Å². The predicted molar refractivity (Wildman–Crippen MR) is 112 cm³/mol. The quantitative estimate of drug-likeness (QED) is 0.288.